The van der Waals surface area contributed by atoms with Crippen molar-refractivity contribution in [1.29, 1.82) is 0 Å². The fourth-order valence-electron chi connectivity index (χ4n) is 0.267. The molecule has 0 spiro atoms. The van der Waals surface area contributed by atoms with Crippen LogP contribution < -0.4 is 5.32 Å². The van der Waals surface area contributed by atoms with Crippen molar-refractivity contribution in [1.82, 2.24) is 5.32 Å². The van der Waals surface area contributed by atoms with E-state index < -0.39 is 18.5 Å². The van der Waals surface area contributed by atoms with Gasteiger partial charge in [-0.15, -0.1) is 0 Å². The van der Waals surface area contributed by atoms with Gasteiger partial charge in [-0.3, -0.25) is 14.9 Å². The van der Waals surface area contributed by atoms with Gasteiger partial charge in [0.2, 0.25) is 0 Å². The van der Waals surface area contributed by atoms with E-state index >= 15 is 0 Å². The van der Waals surface area contributed by atoms with Crippen molar-refractivity contribution in [3.05, 3.63) is 12.2 Å². The first-order valence-electron chi connectivity index (χ1n) is 2.63. The van der Waals surface area contributed by atoms with Gasteiger partial charge in [-0.25, -0.2) is 4.39 Å². The average molecular weight is 145 g/mol. The van der Waals surface area contributed by atoms with Gasteiger partial charge in [0.05, 0.1) is 0 Å². The third kappa shape index (κ3) is 2.96. The van der Waals surface area contributed by atoms with Crippen LogP contribution in [0.15, 0.2) is 12.2 Å². The largest absolute Gasteiger partial charge is 0.290 e. The normalized spacial score (nSPS) is 8.60. The zero-order chi connectivity index (χ0) is 8.15. The Morgan fingerprint density at radius 1 is 1.60 bits per heavy atom. The number of rotatable bonds is 2. The van der Waals surface area contributed by atoms with Crippen LogP contribution in [-0.2, 0) is 9.59 Å². The Kier molecular flexibility index (Phi) is 3.32. The lowest BCUT2D eigenvalue weighted by atomic mass is 10.3. The molecule has 0 unspecified atom stereocenters. The number of carbonyl (C=O) groups excluding carboxylic acids is 2. The number of hydrogen-bond acceptors (Lipinski definition) is 2. The lowest BCUT2D eigenvalue weighted by Crippen LogP contribution is -2.31. The van der Waals surface area contributed by atoms with Gasteiger partial charge in [0.15, 0.2) is 6.67 Å². The molecule has 0 aromatic carbocycles. The van der Waals surface area contributed by atoms with Crippen molar-refractivity contribution in [2.24, 2.45) is 0 Å². The van der Waals surface area contributed by atoms with Crippen LogP contribution in [0.25, 0.3) is 0 Å². The summed E-state index contributed by atoms with van der Waals surface area (Å²) < 4.78 is 11.4. The van der Waals surface area contributed by atoms with E-state index in [-0.39, 0.29) is 5.57 Å². The van der Waals surface area contributed by atoms with Gasteiger partial charge in [-0.2, -0.15) is 0 Å². The molecule has 0 saturated heterocycles. The molecule has 56 valence electrons. The third-order valence-electron chi connectivity index (χ3n) is 0.762. The maximum Gasteiger partial charge on any atom is 0.258 e. The zero-order valence-electron chi connectivity index (χ0n) is 5.61. The quantitative estimate of drug-likeness (QED) is 0.563. The first-order valence-corrected chi connectivity index (χ1v) is 2.63. The van der Waals surface area contributed by atoms with Crippen molar-refractivity contribution in [2.45, 2.75) is 6.92 Å². The molecule has 0 bridgehead atoms. The van der Waals surface area contributed by atoms with Crippen molar-refractivity contribution in [2.75, 3.05) is 6.67 Å². The lowest BCUT2D eigenvalue weighted by Gasteiger charge is -1.97. The molecule has 0 radical (unpaired) electrons. The molecule has 10 heavy (non-hydrogen) atoms. The summed E-state index contributed by atoms with van der Waals surface area (Å²) in [5.41, 5.74) is 0.182. The highest BCUT2D eigenvalue weighted by atomic mass is 19.1. The summed E-state index contributed by atoms with van der Waals surface area (Å²) in [6.07, 6.45) is 0. The van der Waals surface area contributed by atoms with Gasteiger partial charge in [-0.05, 0) is 6.92 Å². The molecule has 0 aliphatic heterocycles. The first kappa shape index (κ1) is 8.81. The average Bonchev–Trinajstić information content (AvgIpc) is 1.87. The smallest absolute Gasteiger partial charge is 0.258 e. The molecular weight excluding hydrogens is 137 g/mol. The second-order valence-electron chi connectivity index (χ2n) is 1.79. The Labute approximate surface area is 57.9 Å². The Morgan fingerprint density at radius 3 is 2.40 bits per heavy atom. The van der Waals surface area contributed by atoms with Gasteiger partial charge in [0, 0.05) is 5.57 Å². The molecule has 0 atom stereocenters. The van der Waals surface area contributed by atoms with Crippen LogP contribution in [0.1, 0.15) is 6.92 Å². The number of hydrogen-bond donors (Lipinski definition) is 1. The molecule has 0 aromatic rings. The van der Waals surface area contributed by atoms with Crippen LogP contribution in [0.3, 0.4) is 0 Å². The topological polar surface area (TPSA) is 46.2 Å². The number of alkyl halides is 1. The number of amides is 2. The van der Waals surface area contributed by atoms with Crippen molar-refractivity contribution in [3.63, 3.8) is 0 Å². The fraction of sp³-hybridized carbons (Fsp3) is 0.333. The van der Waals surface area contributed by atoms with Gasteiger partial charge >= 0.3 is 0 Å². The van der Waals surface area contributed by atoms with E-state index in [1.54, 1.807) is 5.32 Å². The third-order valence-corrected chi connectivity index (χ3v) is 0.762. The predicted molar refractivity (Wildman–Crippen MR) is 33.9 cm³/mol. The number of carbonyl (C=O) groups is 2. The molecule has 0 aliphatic carbocycles. The highest BCUT2D eigenvalue weighted by Gasteiger charge is 2.05. The van der Waals surface area contributed by atoms with Crippen molar-refractivity contribution >= 4 is 11.8 Å². The van der Waals surface area contributed by atoms with E-state index in [9.17, 15) is 14.0 Å². The Balaban J connectivity index is 3.80. The lowest BCUT2D eigenvalue weighted by molar-refractivity contribution is -0.129. The minimum Gasteiger partial charge on any atom is -0.290 e. The SMILES string of the molecule is C=C(C)C(=O)NC(=O)CF. The molecule has 0 saturated carbocycles. The van der Waals surface area contributed by atoms with Crippen LogP contribution >= 0.6 is 0 Å². The van der Waals surface area contributed by atoms with E-state index in [0.29, 0.717) is 0 Å². The maximum atomic E-state index is 11.4. The van der Waals surface area contributed by atoms with E-state index in [0.717, 1.165) is 0 Å². The Morgan fingerprint density at radius 2 is 2.10 bits per heavy atom. The minimum atomic E-state index is -1.18. The van der Waals surface area contributed by atoms with E-state index in [2.05, 4.69) is 6.58 Å². The molecule has 2 amide bonds. The highest BCUT2D eigenvalue weighted by molar-refractivity contribution is 6.03. The van der Waals surface area contributed by atoms with Gasteiger partial charge in [0.25, 0.3) is 11.8 Å². The molecular formula is C6H8FNO2. The highest BCUT2D eigenvalue weighted by Crippen LogP contribution is 1.84. The zero-order valence-corrected chi connectivity index (χ0v) is 5.61. The minimum absolute atomic E-state index is 0.182. The first-order chi connectivity index (χ1) is 4.57. The van der Waals surface area contributed by atoms with Crippen LogP contribution in [0, 0.1) is 0 Å². The summed E-state index contributed by atoms with van der Waals surface area (Å²) in [5, 5.41) is 1.78. The van der Waals surface area contributed by atoms with Crippen LogP contribution in [-0.4, -0.2) is 18.5 Å². The Bertz CT molecular complexity index is 177. The summed E-state index contributed by atoms with van der Waals surface area (Å²) >= 11 is 0. The van der Waals surface area contributed by atoms with Crippen molar-refractivity contribution in [3.8, 4) is 0 Å². The molecule has 1 N–H and O–H groups in total. The number of nitrogens with one attached hydrogen (secondary N) is 1. The second kappa shape index (κ2) is 3.76. The fourth-order valence-corrected chi connectivity index (χ4v) is 0.267. The monoisotopic (exact) mass is 145 g/mol. The molecule has 0 heterocycles. The number of imide groups is 1. The van der Waals surface area contributed by atoms with Crippen LogP contribution in [0.4, 0.5) is 4.39 Å². The van der Waals surface area contributed by atoms with Crippen LogP contribution in [0.5, 0.6) is 0 Å². The molecule has 0 fully saturated rings. The van der Waals surface area contributed by atoms with E-state index in [1.165, 1.54) is 6.92 Å². The predicted octanol–water partition coefficient (Wildman–Crippen LogP) is 0.175. The van der Waals surface area contributed by atoms with E-state index in [4.69, 9.17) is 0 Å². The molecule has 4 heteroatoms. The molecule has 3 nitrogen and oxygen atoms in total. The summed E-state index contributed by atoms with van der Waals surface area (Å²) in [6, 6.07) is 0. The van der Waals surface area contributed by atoms with E-state index in [1.807, 2.05) is 0 Å². The number of halogens is 1. The van der Waals surface area contributed by atoms with Crippen LogP contribution in [0.2, 0.25) is 0 Å². The molecule has 0 aromatic heterocycles. The molecule has 0 aliphatic rings. The standard InChI is InChI=1S/C6H8FNO2/c1-4(2)6(10)8-5(9)3-7/h1,3H2,2H3,(H,8,9,10). The summed E-state index contributed by atoms with van der Waals surface area (Å²) in [5.74, 6) is -1.57. The second-order valence-corrected chi connectivity index (χ2v) is 1.79. The molecule has 0 rings (SSSR count). The van der Waals surface area contributed by atoms with Gasteiger partial charge < -0.3 is 0 Å². The summed E-state index contributed by atoms with van der Waals surface area (Å²) in [7, 11) is 0. The van der Waals surface area contributed by atoms with Crippen molar-refractivity contribution < 1.29 is 14.0 Å². The van der Waals surface area contributed by atoms with Gasteiger partial charge in [-0.1, -0.05) is 6.58 Å². The summed E-state index contributed by atoms with van der Waals surface area (Å²) in [4.78, 5) is 20.7. The Hall–Kier alpha value is -1.19. The maximum absolute atomic E-state index is 11.4. The van der Waals surface area contributed by atoms with Gasteiger partial charge in [0.1, 0.15) is 0 Å². The summed E-state index contributed by atoms with van der Waals surface area (Å²) in [6.45, 7) is 3.51.